The second-order valence-electron chi connectivity index (χ2n) is 6.15. The van der Waals surface area contributed by atoms with E-state index >= 15 is 0 Å². The molecule has 5 rings (SSSR count). The van der Waals surface area contributed by atoms with E-state index in [4.69, 9.17) is 27.9 Å². The Morgan fingerprint density at radius 1 is 1.04 bits per heavy atom. The molecule has 2 bridgehead atoms. The van der Waals surface area contributed by atoms with Gasteiger partial charge in [-0.15, -0.1) is 0 Å². The number of hydrogen-bond donors (Lipinski definition) is 0. The molecular formula is C17H17Cl2N3O. The van der Waals surface area contributed by atoms with E-state index in [9.17, 15) is 0 Å². The van der Waals surface area contributed by atoms with Crippen molar-refractivity contribution in [1.29, 1.82) is 0 Å². The van der Waals surface area contributed by atoms with E-state index in [-0.39, 0.29) is 6.10 Å². The molecule has 6 heteroatoms. The highest BCUT2D eigenvalue weighted by atomic mass is 35.5. The fourth-order valence-corrected chi connectivity index (χ4v) is 4.08. The van der Waals surface area contributed by atoms with Crippen LogP contribution < -0.4 is 4.74 Å². The summed E-state index contributed by atoms with van der Waals surface area (Å²) in [6, 6.07) is 5.86. The van der Waals surface area contributed by atoms with Crippen LogP contribution in [-0.2, 0) is 0 Å². The molecule has 1 unspecified atom stereocenters. The van der Waals surface area contributed by atoms with Crippen LogP contribution in [0.25, 0.3) is 11.1 Å². The van der Waals surface area contributed by atoms with Gasteiger partial charge in [0.15, 0.2) is 0 Å². The van der Waals surface area contributed by atoms with Crippen molar-refractivity contribution in [2.75, 3.05) is 19.6 Å². The van der Waals surface area contributed by atoms with E-state index in [1.54, 1.807) is 24.5 Å². The van der Waals surface area contributed by atoms with Crippen molar-refractivity contribution in [2.45, 2.75) is 18.9 Å². The van der Waals surface area contributed by atoms with Crippen LogP contribution in [-0.4, -0.2) is 40.6 Å². The minimum atomic E-state index is 0.201. The van der Waals surface area contributed by atoms with Gasteiger partial charge in [-0.3, -0.25) is 4.90 Å². The molecular weight excluding hydrogens is 333 g/mol. The average Bonchev–Trinajstić information content (AvgIpc) is 2.57. The number of fused-ring (bicyclic) bond motifs is 3. The topological polar surface area (TPSA) is 38.2 Å². The zero-order valence-electron chi connectivity index (χ0n) is 12.6. The summed E-state index contributed by atoms with van der Waals surface area (Å²) >= 11 is 12.5. The van der Waals surface area contributed by atoms with Crippen molar-refractivity contribution in [2.24, 2.45) is 5.92 Å². The van der Waals surface area contributed by atoms with Crippen LogP contribution in [0, 0.1) is 5.92 Å². The van der Waals surface area contributed by atoms with Gasteiger partial charge < -0.3 is 4.74 Å². The van der Waals surface area contributed by atoms with E-state index in [1.807, 2.05) is 6.07 Å². The quantitative estimate of drug-likeness (QED) is 0.841. The van der Waals surface area contributed by atoms with Crippen molar-refractivity contribution in [3.63, 3.8) is 0 Å². The number of rotatable bonds is 3. The second kappa shape index (κ2) is 6.27. The van der Waals surface area contributed by atoms with Gasteiger partial charge in [0.05, 0.1) is 10.0 Å². The number of hydrogen-bond acceptors (Lipinski definition) is 4. The molecule has 0 aliphatic carbocycles. The monoisotopic (exact) mass is 349 g/mol. The van der Waals surface area contributed by atoms with Crippen molar-refractivity contribution >= 4 is 23.2 Å². The molecule has 4 heterocycles. The van der Waals surface area contributed by atoms with Gasteiger partial charge in [-0.05, 0) is 44.0 Å². The molecule has 0 radical (unpaired) electrons. The Morgan fingerprint density at radius 2 is 1.70 bits per heavy atom. The third kappa shape index (κ3) is 3.03. The summed E-state index contributed by atoms with van der Waals surface area (Å²) in [6.07, 6.45) is 6.05. The standard InChI is InChI=1S/C17H17Cl2N3O/c18-13-2-1-3-14(19)16(13)12-8-20-17(21-9-12)23-15-10-22-6-4-11(15)5-7-22/h1-3,8-9,11,15H,4-7,10H2. The van der Waals surface area contributed by atoms with Crippen molar-refractivity contribution in [3.8, 4) is 17.1 Å². The highest BCUT2D eigenvalue weighted by Gasteiger charge is 2.35. The summed E-state index contributed by atoms with van der Waals surface area (Å²) in [5.74, 6) is 0.626. The van der Waals surface area contributed by atoms with Crippen molar-refractivity contribution < 1.29 is 4.74 Å². The molecule has 1 aromatic heterocycles. The van der Waals surface area contributed by atoms with Gasteiger partial charge in [-0.2, -0.15) is 0 Å². The lowest BCUT2D eigenvalue weighted by Crippen LogP contribution is -2.52. The first kappa shape index (κ1) is 15.2. The zero-order valence-corrected chi connectivity index (χ0v) is 14.1. The Labute approximate surface area is 145 Å². The first-order chi connectivity index (χ1) is 11.2. The van der Waals surface area contributed by atoms with Crippen LogP contribution >= 0.6 is 23.2 Å². The molecule has 0 N–H and O–H groups in total. The lowest BCUT2D eigenvalue weighted by Gasteiger charge is -2.43. The van der Waals surface area contributed by atoms with E-state index in [2.05, 4.69) is 14.9 Å². The average molecular weight is 350 g/mol. The molecule has 3 aliphatic rings. The van der Waals surface area contributed by atoms with Crippen LogP contribution in [0.1, 0.15) is 12.8 Å². The summed E-state index contributed by atoms with van der Waals surface area (Å²) in [5.41, 5.74) is 1.55. The number of ether oxygens (including phenoxy) is 1. The molecule has 0 saturated carbocycles. The highest BCUT2D eigenvalue weighted by molar-refractivity contribution is 6.39. The maximum absolute atomic E-state index is 6.23. The SMILES string of the molecule is Clc1cccc(Cl)c1-c1cnc(OC2CN3CCC2CC3)nc1. The van der Waals surface area contributed by atoms with E-state index in [0.717, 1.165) is 17.7 Å². The molecule has 2 aromatic rings. The van der Waals surface area contributed by atoms with Crippen molar-refractivity contribution in [1.82, 2.24) is 14.9 Å². The third-order valence-corrected chi connectivity index (χ3v) is 5.36. The van der Waals surface area contributed by atoms with Crippen LogP contribution in [0.3, 0.4) is 0 Å². The number of piperidine rings is 3. The van der Waals surface area contributed by atoms with Crippen molar-refractivity contribution in [3.05, 3.63) is 40.6 Å². The molecule has 120 valence electrons. The van der Waals surface area contributed by atoms with Gasteiger partial charge in [0.25, 0.3) is 0 Å². The predicted molar refractivity (Wildman–Crippen MR) is 91.1 cm³/mol. The van der Waals surface area contributed by atoms with Crippen LogP contribution in [0.15, 0.2) is 30.6 Å². The minimum absolute atomic E-state index is 0.201. The number of nitrogens with zero attached hydrogens (tertiary/aromatic N) is 3. The molecule has 0 spiro atoms. The predicted octanol–water partition coefficient (Wildman–Crippen LogP) is 3.92. The normalized spacial score (nSPS) is 26.3. The summed E-state index contributed by atoms with van der Waals surface area (Å²) in [7, 11) is 0. The minimum Gasteiger partial charge on any atom is -0.458 e. The van der Waals surface area contributed by atoms with Crippen LogP contribution in [0.2, 0.25) is 10.0 Å². The van der Waals surface area contributed by atoms with Gasteiger partial charge in [0, 0.05) is 30.1 Å². The summed E-state index contributed by atoms with van der Waals surface area (Å²) < 4.78 is 6.01. The highest BCUT2D eigenvalue weighted by Crippen LogP contribution is 2.34. The van der Waals surface area contributed by atoms with Gasteiger partial charge in [0.1, 0.15) is 6.10 Å². The van der Waals surface area contributed by atoms with E-state index in [0.29, 0.717) is 22.0 Å². The Hall–Kier alpha value is -1.36. The Bertz CT molecular complexity index is 679. The molecule has 1 aromatic carbocycles. The second-order valence-corrected chi connectivity index (χ2v) is 6.96. The maximum Gasteiger partial charge on any atom is 0.316 e. The number of aromatic nitrogens is 2. The smallest absolute Gasteiger partial charge is 0.316 e. The summed E-state index contributed by atoms with van der Waals surface area (Å²) in [4.78, 5) is 11.1. The van der Waals surface area contributed by atoms with E-state index in [1.165, 1.54) is 25.9 Å². The first-order valence-corrected chi connectivity index (χ1v) is 8.62. The molecule has 3 aliphatic heterocycles. The van der Waals surface area contributed by atoms with Gasteiger partial charge in [0.2, 0.25) is 0 Å². The summed E-state index contributed by atoms with van der Waals surface area (Å²) in [6.45, 7) is 3.36. The largest absolute Gasteiger partial charge is 0.458 e. The van der Waals surface area contributed by atoms with Crippen LogP contribution in [0.5, 0.6) is 6.01 Å². The molecule has 0 amide bonds. The van der Waals surface area contributed by atoms with E-state index < -0.39 is 0 Å². The van der Waals surface area contributed by atoms with Crippen LogP contribution in [0.4, 0.5) is 0 Å². The lowest BCUT2D eigenvalue weighted by molar-refractivity contribution is -0.0123. The zero-order chi connectivity index (χ0) is 15.8. The maximum atomic E-state index is 6.23. The van der Waals surface area contributed by atoms with Gasteiger partial charge in [-0.25, -0.2) is 9.97 Å². The Morgan fingerprint density at radius 3 is 2.26 bits per heavy atom. The first-order valence-electron chi connectivity index (χ1n) is 7.86. The third-order valence-electron chi connectivity index (χ3n) is 4.73. The Balaban J connectivity index is 1.52. The fourth-order valence-electron chi connectivity index (χ4n) is 3.46. The fraction of sp³-hybridized carbons (Fsp3) is 0.412. The molecule has 23 heavy (non-hydrogen) atoms. The number of benzene rings is 1. The molecule has 1 atom stereocenters. The molecule has 3 fully saturated rings. The van der Waals surface area contributed by atoms with Gasteiger partial charge in [-0.1, -0.05) is 29.3 Å². The van der Waals surface area contributed by atoms with Gasteiger partial charge >= 0.3 is 6.01 Å². The number of halogens is 2. The Kier molecular flexibility index (Phi) is 4.14. The molecule has 3 saturated heterocycles. The summed E-state index contributed by atoms with van der Waals surface area (Å²) in [5, 5.41) is 1.18. The lowest BCUT2D eigenvalue weighted by atomic mass is 9.86. The molecule has 4 nitrogen and oxygen atoms in total.